The predicted molar refractivity (Wildman–Crippen MR) is 74.6 cm³/mol. The van der Waals surface area contributed by atoms with Crippen molar-refractivity contribution in [2.75, 3.05) is 20.1 Å². The van der Waals surface area contributed by atoms with Crippen molar-refractivity contribution in [2.45, 2.75) is 46.0 Å². The van der Waals surface area contributed by atoms with Crippen molar-refractivity contribution in [1.29, 1.82) is 0 Å². The molecule has 0 aromatic rings. The third-order valence-electron chi connectivity index (χ3n) is 3.83. The zero-order chi connectivity index (χ0) is 12.2. The van der Waals surface area contributed by atoms with E-state index < -0.39 is 0 Å². The fourth-order valence-corrected chi connectivity index (χ4v) is 2.42. The van der Waals surface area contributed by atoms with Gasteiger partial charge >= 0.3 is 0 Å². The molecule has 0 aromatic heterocycles. The standard InChI is InChI=1S/C13H26N2S/c1-13(2,12(14)16)8-9-15(3)10-11-6-4-5-7-11/h11H,4-10H2,1-3H3,(H2,14,16). The summed E-state index contributed by atoms with van der Waals surface area (Å²) in [6, 6.07) is 0. The molecular weight excluding hydrogens is 216 g/mol. The lowest BCUT2D eigenvalue weighted by molar-refractivity contribution is 0.252. The molecule has 0 radical (unpaired) electrons. The van der Waals surface area contributed by atoms with Crippen LogP contribution in [0.1, 0.15) is 46.0 Å². The first-order chi connectivity index (χ1) is 7.42. The topological polar surface area (TPSA) is 29.3 Å². The smallest absolute Gasteiger partial charge is 0.0784 e. The molecule has 94 valence electrons. The molecule has 1 aliphatic carbocycles. The fourth-order valence-electron chi connectivity index (χ4n) is 2.32. The summed E-state index contributed by atoms with van der Waals surface area (Å²) >= 11 is 5.09. The van der Waals surface area contributed by atoms with E-state index in [4.69, 9.17) is 18.0 Å². The Hall–Kier alpha value is -0.150. The van der Waals surface area contributed by atoms with Gasteiger partial charge in [0.15, 0.2) is 0 Å². The van der Waals surface area contributed by atoms with Crippen LogP contribution in [0.5, 0.6) is 0 Å². The van der Waals surface area contributed by atoms with Gasteiger partial charge in [-0.15, -0.1) is 0 Å². The van der Waals surface area contributed by atoms with E-state index in [9.17, 15) is 0 Å². The van der Waals surface area contributed by atoms with Crippen molar-refractivity contribution < 1.29 is 0 Å². The van der Waals surface area contributed by atoms with Gasteiger partial charge in [-0.3, -0.25) is 0 Å². The molecule has 0 amide bonds. The van der Waals surface area contributed by atoms with E-state index in [1.54, 1.807) is 0 Å². The van der Waals surface area contributed by atoms with Crippen LogP contribution in [0.2, 0.25) is 0 Å². The van der Waals surface area contributed by atoms with Gasteiger partial charge in [-0.2, -0.15) is 0 Å². The SMILES string of the molecule is CN(CCC(C)(C)C(N)=S)CC1CCCC1. The largest absolute Gasteiger partial charge is 0.393 e. The van der Waals surface area contributed by atoms with Gasteiger partial charge in [0.25, 0.3) is 0 Å². The zero-order valence-electron chi connectivity index (χ0n) is 11.0. The van der Waals surface area contributed by atoms with Gasteiger partial charge in [-0.05, 0) is 38.8 Å². The minimum Gasteiger partial charge on any atom is -0.393 e. The minimum absolute atomic E-state index is 0.000725. The first-order valence-corrected chi connectivity index (χ1v) is 6.81. The third kappa shape index (κ3) is 4.38. The molecule has 16 heavy (non-hydrogen) atoms. The number of hydrogen-bond donors (Lipinski definition) is 1. The van der Waals surface area contributed by atoms with E-state index in [-0.39, 0.29) is 5.41 Å². The van der Waals surface area contributed by atoms with Gasteiger partial charge in [0.05, 0.1) is 4.99 Å². The van der Waals surface area contributed by atoms with Crippen LogP contribution < -0.4 is 5.73 Å². The molecule has 0 aromatic carbocycles. The molecule has 2 N–H and O–H groups in total. The molecule has 1 aliphatic rings. The van der Waals surface area contributed by atoms with E-state index in [2.05, 4.69) is 25.8 Å². The summed E-state index contributed by atoms with van der Waals surface area (Å²) in [6.45, 7) is 6.62. The van der Waals surface area contributed by atoms with Gasteiger partial charge in [0, 0.05) is 12.0 Å². The van der Waals surface area contributed by atoms with Gasteiger partial charge in [-0.1, -0.05) is 38.9 Å². The Balaban J connectivity index is 2.23. The highest BCUT2D eigenvalue weighted by atomic mass is 32.1. The van der Waals surface area contributed by atoms with Crippen LogP contribution in [-0.4, -0.2) is 30.0 Å². The Morgan fingerprint density at radius 2 is 1.94 bits per heavy atom. The second kappa shape index (κ2) is 5.97. The Morgan fingerprint density at radius 3 is 2.44 bits per heavy atom. The predicted octanol–water partition coefficient (Wildman–Crippen LogP) is 2.81. The van der Waals surface area contributed by atoms with Gasteiger partial charge in [0.2, 0.25) is 0 Å². The van der Waals surface area contributed by atoms with Crippen LogP contribution >= 0.6 is 12.2 Å². The molecule has 2 nitrogen and oxygen atoms in total. The maximum absolute atomic E-state index is 5.73. The Kier molecular flexibility index (Phi) is 5.19. The first kappa shape index (κ1) is 13.9. The zero-order valence-corrected chi connectivity index (χ0v) is 11.8. The summed E-state index contributed by atoms with van der Waals surface area (Å²) in [7, 11) is 2.22. The summed E-state index contributed by atoms with van der Waals surface area (Å²) in [5.41, 5.74) is 5.73. The molecule has 0 heterocycles. The third-order valence-corrected chi connectivity index (χ3v) is 4.38. The average molecular weight is 242 g/mol. The molecule has 0 bridgehead atoms. The van der Waals surface area contributed by atoms with Gasteiger partial charge in [0.1, 0.15) is 0 Å². The number of nitrogens with two attached hydrogens (primary N) is 1. The Labute approximate surface area is 106 Å². The second-order valence-corrected chi connectivity index (χ2v) is 6.35. The highest BCUT2D eigenvalue weighted by Gasteiger charge is 2.22. The monoisotopic (exact) mass is 242 g/mol. The van der Waals surface area contributed by atoms with E-state index in [1.807, 2.05) is 0 Å². The summed E-state index contributed by atoms with van der Waals surface area (Å²) in [4.78, 5) is 3.08. The molecule has 1 saturated carbocycles. The molecule has 1 fully saturated rings. The Morgan fingerprint density at radius 1 is 1.38 bits per heavy atom. The number of hydrogen-bond acceptors (Lipinski definition) is 2. The summed E-state index contributed by atoms with van der Waals surface area (Å²) in [5, 5.41) is 0. The molecular formula is C13H26N2S. The van der Waals surface area contributed by atoms with E-state index in [0.29, 0.717) is 4.99 Å². The van der Waals surface area contributed by atoms with E-state index in [1.165, 1.54) is 32.2 Å². The summed E-state index contributed by atoms with van der Waals surface area (Å²) < 4.78 is 0. The molecule has 0 unspecified atom stereocenters. The number of nitrogens with zero attached hydrogens (tertiary/aromatic N) is 1. The van der Waals surface area contributed by atoms with Crippen LogP contribution in [-0.2, 0) is 0 Å². The van der Waals surface area contributed by atoms with Crippen LogP contribution in [0, 0.1) is 11.3 Å². The highest BCUT2D eigenvalue weighted by molar-refractivity contribution is 7.80. The van der Waals surface area contributed by atoms with Crippen molar-refractivity contribution in [1.82, 2.24) is 4.90 Å². The van der Waals surface area contributed by atoms with Crippen LogP contribution in [0.4, 0.5) is 0 Å². The molecule has 0 saturated heterocycles. The van der Waals surface area contributed by atoms with E-state index >= 15 is 0 Å². The molecule has 1 rings (SSSR count). The van der Waals surface area contributed by atoms with Crippen LogP contribution in [0.25, 0.3) is 0 Å². The van der Waals surface area contributed by atoms with Crippen LogP contribution in [0.15, 0.2) is 0 Å². The van der Waals surface area contributed by atoms with Crippen molar-refractivity contribution >= 4 is 17.2 Å². The van der Waals surface area contributed by atoms with Gasteiger partial charge < -0.3 is 10.6 Å². The molecule has 0 spiro atoms. The maximum Gasteiger partial charge on any atom is 0.0784 e. The second-order valence-electron chi connectivity index (χ2n) is 5.91. The van der Waals surface area contributed by atoms with Crippen molar-refractivity contribution in [3.8, 4) is 0 Å². The quantitative estimate of drug-likeness (QED) is 0.726. The highest BCUT2D eigenvalue weighted by Crippen LogP contribution is 2.26. The molecule has 3 heteroatoms. The number of thiocarbonyl (C=S) groups is 1. The number of rotatable bonds is 6. The normalized spacial score (nSPS) is 18.2. The lowest BCUT2D eigenvalue weighted by Crippen LogP contribution is -2.35. The van der Waals surface area contributed by atoms with Gasteiger partial charge in [-0.25, -0.2) is 0 Å². The lowest BCUT2D eigenvalue weighted by Gasteiger charge is -2.27. The summed E-state index contributed by atoms with van der Waals surface area (Å²) in [6.07, 6.45) is 6.76. The summed E-state index contributed by atoms with van der Waals surface area (Å²) in [5.74, 6) is 0.929. The average Bonchev–Trinajstić information content (AvgIpc) is 2.67. The van der Waals surface area contributed by atoms with Crippen molar-refractivity contribution in [3.05, 3.63) is 0 Å². The maximum atomic E-state index is 5.73. The Bertz CT molecular complexity index is 232. The van der Waals surface area contributed by atoms with Crippen molar-refractivity contribution in [2.24, 2.45) is 17.1 Å². The lowest BCUT2D eigenvalue weighted by atomic mass is 9.89. The first-order valence-electron chi connectivity index (χ1n) is 6.40. The molecule has 0 aliphatic heterocycles. The van der Waals surface area contributed by atoms with Crippen molar-refractivity contribution in [3.63, 3.8) is 0 Å². The minimum atomic E-state index is -0.000725. The van der Waals surface area contributed by atoms with Crippen LogP contribution in [0.3, 0.4) is 0 Å². The molecule has 0 atom stereocenters. The fraction of sp³-hybridized carbons (Fsp3) is 0.923. The van der Waals surface area contributed by atoms with E-state index in [0.717, 1.165) is 18.9 Å².